The first-order valence-electron chi connectivity index (χ1n) is 13.1. The van der Waals surface area contributed by atoms with Gasteiger partial charge in [0.05, 0.1) is 35.3 Å². The maximum absolute atomic E-state index is 14.5. The molecule has 3 aromatic rings. The molecule has 206 valence electrons. The molecule has 2 aliphatic rings. The Hall–Kier alpha value is -4.62. The van der Waals surface area contributed by atoms with Crippen molar-refractivity contribution in [2.24, 2.45) is 0 Å². The average molecular weight is 543 g/mol. The van der Waals surface area contributed by atoms with Crippen molar-refractivity contribution in [3.8, 4) is 28.8 Å². The number of likely N-dealkylation sites (tertiary alicyclic amines) is 1. The number of para-hydroxylation sites is 1. The van der Waals surface area contributed by atoms with Gasteiger partial charge in [0.15, 0.2) is 11.6 Å². The van der Waals surface area contributed by atoms with Gasteiger partial charge in [0.25, 0.3) is 5.91 Å². The highest BCUT2D eigenvalue weighted by Gasteiger charge is 2.33. The molecule has 1 aromatic carbocycles. The van der Waals surface area contributed by atoms with Crippen molar-refractivity contribution >= 4 is 23.2 Å². The van der Waals surface area contributed by atoms with Crippen LogP contribution in [-0.4, -0.2) is 66.0 Å². The number of methoxy groups -OCH3 is 1. The fourth-order valence-electron chi connectivity index (χ4n) is 5.12. The number of pyridine rings is 1. The van der Waals surface area contributed by atoms with Crippen LogP contribution in [0.4, 0.5) is 15.8 Å². The molecule has 1 fully saturated rings. The summed E-state index contributed by atoms with van der Waals surface area (Å²) in [5.74, 6) is 5.61. The number of halogens is 1. The molecule has 0 spiro atoms. The molecule has 4 N–H and O–H groups in total. The Morgan fingerprint density at radius 3 is 2.85 bits per heavy atom. The van der Waals surface area contributed by atoms with Gasteiger partial charge in [-0.3, -0.25) is 14.6 Å². The number of carbonyl (C=O) groups excluding carboxylic acids is 2. The van der Waals surface area contributed by atoms with Crippen LogP contribution in [0.2, 0.25) is 0 Å². The predicted octanol–water partition coefficient (Wildman–Crippen LogP) is 3.37. The molecule has 2 amide bonds. The first kappa shape index (κ1) is 27.0. The maximum Gasteiger partial charge on any atom is 0.255 e. The standard InChI is InChI=1S/C30H31FN6O3/c1-4-24(38)36-30(12-16-37(2)17-13-30)11-8-19-18-32-14-9-20(19)26-27(25-22(34-26)10-15-33-29(25)39)35-23-7-5-6-21(31)28(23)40-3/h4-7,9,14,18,34-35H,1,10,12-13,15-17H2,2-3H3,(H,33,39)(H,36,38). The Labute approximate surface area is 232 Å². The molecule has 0 atom stereocenters. The predicted molar refractivity (Wildman–Crippen MR) is 151 cm³/mol. The summed E-state index contributed by atoms with van der Waals surface area (Å²) in [7, 11) is 3.43. The van der Waals surface area contributed by atoms with E-state index in [0.29, 0.717) is 59.6 Å². The average Bonchev–Trinajstić information content (AvgIpc) is 3.33. The highest BCUT2D eigenvalue weighted by atomic mass is 19.1. The minimum atomic E-state index is -0.713. The summed E-state index contributed by atoms with van der Waals surface area (Å²) in [6.07, 6.45) is 6.49. The van der Waals surface area contributed by atoms with E-state index >= 15 is 0 Å². The third-order valence-electron chi connectivity index (χ3n) is 7.31. The fourth-order valence-corrected chi connectivity index (χ4v) is 5.12. The molecule has 0 radical (unpaired) electrons. The van der Waals surface area contributed by atoms with Crippen LogP contribution < -0.4 is 20.7 Å². The van der Waals surface area contributed by atoms with Crippen molar-refractivity contribution in [1.29, 1.82) is 0 Å². The van der Waals surface area contributed by atoms with Crippen molar-refractivity contribution in [3.63, 3.8) is 0 Å². The molecule has 5 rings (SSSR count). The molecule has 9 nitrogen and oxygen atoms in total. The molecule has 4 heterocycles. The molecular weight excluding hydrogens is 511 g/mol. The van der Waals surface area contributed by atoms with Gasteiger partial charge in [0.2, 0.25) is 5.91 Å². The Morgan fingerprint density at radius 1 is 1.30 bits per heavy atom. The number of ether oxygens (including phenoxy) is 1. The highest BCUT2D eigenvalue weighted by Crippen LogP contribution is 2.40. The topological polar surface area (TPSA) is 111 Å². The van der Waals surface area contributed by atoms with Crippen LogP contribution in [0.1, 0.15) is 34.5 Å². The van der Waals surface area contributed by atoms with E-state index in [0.717, 1.165) is 18.8 Å². The van der Waals surface area contributed by atoms with Crippen molar-refractivity contribution in [2.45, 2.75) is 24.8 Å². The lowest BCUT2D eigenvalue weighted by Gasteiger charge is -2.37. The number of anilines is 2. The first-order chi connectivity index (χ1) is 19.3. The largest absolute Gasteiger partial charge is 0.492 e. The van der Waals surface area contributed by atoms with Crippen molar-refractivity contribution in [3.05, 3.63) is 72.0 Å². The summed E-state index contributed by atoms with van der Waals surface area (Å²) < 4.78 is 19.8. The number of piperidine rings is 1. The summed E-state index contributed by atoms with van der Waals surface area (Å²) >= 11 is 0. The van der Waals surface area contributed by atoms with Gasteiger partial charge in [-0.2, -0.15) is 0 Å². The lowest BCUT2D eigenvalue weighted by molar-refractivity contribution is -0.118. The third-order valence-corrected chi connectivity index (χ3v) is 7.31. The smallest absolute Gasteiger partial charge is 0.255 e. The molecule has 0 bridgehead atoms. The molecule has 0 unspecified atom stereocenters. The van der Waals surface area contributed by atoms with Gasteiger partial charge in [0.1, 0.15) is 5.54 Å². The minimum Gasteiger partial charge on any atom is -0.492 e. The molecule has 2 aliphatic heterocycles. The molecule has 1 saturated heterocycles. The zero-order valence-electron chi connectivity index (χ0n) is 22.5. The summed E-state index contributed by atoms with van der Waals surface area (Å²) in [5.41, 5.74) is 3.30. The van der Waals surface area contributed by atoms with E-state index in [1.165, 1.54) is 19.3 Å². The van der Waals surface area contributed by atoms with E-state index in [4.69, 9.17) is 4.74 Å². The van der Waals surface area contributed by atoms with Gasteiger partial charge in [-0.15, -0.1) is 0 Å². The second-order valence-electron chi connectivity index (χ2n) is 9.93. The Balaban J connectivity index is 1.62. The monoisotopic (exact) mass is 542 g/mol. The fraction of sp³-hybridized carbons (Fsp3) is 0.300. The maximum atomic E-state index is 14.5. The number of benzene rings is 1. The van der Waals surface area contributed by atoms with Gasteiger partial charge in [-0.05, 0) is 44.2 Å². The van der Waals surface area contributed by atoms with E-state index in [2.05, 4.69) is 49.2 Å². The zero-order valence-corrected chi connectivity index (χ0v) is 22.5. The zero-order chi connectivity index (χ0) is 28.3. The van der Waals surface area contributed by atoms with Crippen LogP contribution in [0.25, 0.3) is 11.3 Å². The van der Waals surface area contributed by atoms with Crippen LogP contribution in [0.3, 0.4) is 0 Å². The van der Waals surface area contributed by atoms with Crippen LogP contribution >= 0.6 is 0 Å². The number of aromatic amines is 1. The van der Waals surface area contributed by atoms with Crippen LogP contribution in [0, 0.1) is 17.7 Å². The number of amides is 2. The Kier molecular flexibility index (Phi) is 7.58. The third kappa shape index (κ3) is 5.28. The minimum absolute atomic E-state index is 0.0385. The molecule has 40 heavy (non-hydrogen) atoms. The molecule has 2 aromatic heterocycles. The van der Waals surface area contributed by atoms with Crippen molar-refractivity contribution in [2.75, 3.05) is 39.1 Å². The van der Waals surface area contributed by atoms with E-state index in [-0.39, 0.29) is 17.6 Å². The van der Waals surface area contributed by atoms with E-state index in [9.17, 15) is 14.0 Å². The van der Waals surface area contributed by atoms with Gasteiger partial charge in [-0.25, -0.2) is 4.39 Å². The normalized spacial score (nSPS) is 16.1. The quantitative estimate of drug-likeness (QED) is 0.281. The number of nitrogens with one attached hydrogen (secondary N) is 4. The summed E-state index contributed by atoms with van der Waals surface area (Å²) in [6, 6.07) is 6.38. The van der Waals surface area contributed by atoms with E-state index in [1.54, 1.807) is 24.5 Å². The lowest BCUT2D eigenvalue weighted by atomic mass is 9.87. The van der Waals surface area contributed by atoms with Crippen LogP contribution in [0.5, 0.6) is 5.75 Å². The SMILES string of the molecule is C=CC(=O)NC1(C#Cc2cnccc2-c2[nH]c3c(c2Nc2cccc(F)c2OC)C(=O)NCC3)CCN(C)CC1. The lowest BCUT2D eigenvalue weighted by Crippen LogP contribution is -2.53. The highest BCUT2D eigenvalue weighted by molar-refractivity contribution is 6.06. The Morgan fingerprint density at radius 2 is 2.10 bits per heavy atom. The van der Waals surface area contributed by atoms with Gasteiger partial charge in [-0.1, -0.05) is 24.5 Å². The Bertz CT molecular complexity index is 1530. The summed E-state index contributed by atoms with van der Waals surface area (Å²) in [4.78, 5) is 35.2. The number of rotatable bonds is 6. The number of aromatic nitrogens is 2. The van der Waals surface area contributed by atoms with Gasteiger partial charge >= 0.3 is 0 Å². The van der Waals surface area contributed by atoms with Crippen molar-refractivity contribution < 1.29 is 18.7 Å². The van der Waals surface area contributed by atoms with E-state index < -0.39 is 11.4 Å². The van der Waals surface area contributed by atoms with Crippen molar-refractivity contribution in [1.82, 2.24) is 25.5 Å². The molecular formula is C30H31FN6O3. The van der Waals surface area contributed by atoms with Crippen LogP contribution in [-0.2, 0) is 11.2 Å². The number of carbonyl (C=O) groups is 2. The second kappa shape index (κ2) is 11.2. The van der Waals surface area contributed by atoms with Crippen LogP contribution in [0.15, 0.2) is 49.3 Å². The number of hydrogen-bond acceptors (Lipinski definition) is 6. The van der Waals surface area contributed by atoms with Gasteiger partial charge < -0.3 is 30.6 Å². The van der Waals surface area contributed by atoms with E-state index in [1.807, 2.05) is 13.1 Å². The molecule has 0 saturated carbocycles. The van der Waals surface area contributed by atoms with Gasteiger partial charge in [0, 0.05) is 49.7 Å². The second-order valence-corrected chi connectivity index (χ2v) is 9.93. The summed E-state index contributed by atoms with van der Waals surface area (Å²) in [6.45, 7) is 5.66. The number of nitrogens with zero attached hydrogens (tertiary/aromatic N) is 2. The molecule has 10 heteroatoms. The first-order valence-corrected chi connectivity index (χ1v) is 13.1. The molecule has 0 aliphatic carbocycles. The number of hydrogen-bond donors (Lipinski definition) is 4. The number of fused-ring (bicyclic) bond motifs is 1. The number of H-pyrrole nitrogens is 1. The summed E-state index contributed by atoms with van der Waals surface area (Å²) in [5, 5.41) is 9.18.